The molecule has 4 heteroatoms. The number of hydrogen-bond donors (Lipinski definition) is 2. The molecule has 0 atom stereocenters. The minimum Gasteiger partial charge on any atom is -0.355 e. The Bertz CT molecular complexity index is 387. The largest absolute Gasteiger partial charge is 0.355 e. The number of carbonyl (C=O) groups excluding carboxylic acids is 1. The lowest BCUT2D eigenvalue weighted by molar-refractivity contribution is -0.121. The number of pyridine rings is 1. The first-order valence-corrected chi connectivity index (χ1v) is 6.54. The van der Waals surface area contributed by atoms with Crippen LogP contribution < -0.4 is 10.6 Å². The van der Waals surface area contributed by atoms with E-state index in [1.165, 1.54) is 19.3 Å². The van der Waals surface area contributed by atoms with Crippen molar-refractivity contribution in [3.8, 4) is 0 Å². The number of aromatic nitrogens is 1. The van der Waals surface area contributed by atoms with Gasteiger partial charge in [-0.1, -0.05) is 12.5 Å². The Kier molecular flexibility index (Phi) is 4.31. The molecule has 4 nitrogen and oxygen atoms in total. The molecular weight excluding hydrogens is 226 g/mol. The number of nitrogens with zero attached hydrogens (tertiary/aromatic N) is 1. The van der Waals surface area contributed by atoms with E-state index < -0.39 is 0 Å². The van der Waals surface area contributed by atoms with Gasteiger partial charge in [0.15, 0.2) is 0 Å². The first-order valence-electron chi connectivity index (χ1n) is 6.54. The summed E-state index contributed by atoms with van der Waals surface area (Å²) in [6.07, 6.45) is 7.58. The van der Waals surface area contributed by atoms with Crippen molar-refractivity contribution in [2.75, 3.05) is 20.1 Å². The van der Waals surface area contributed by atoms with Gasteiger partial charge in [-0.15, -0.1) is 0 Å². The SMILES string of the molecule is CNCC1(CNC(=O)Cc2cccnc2)CCC1. The molecule has 0 aromatic carbocycles. The van der Waals surface area contributed by atoms with Crippen LogP contribution in [0.3, 0.4) is 0 Å². The smallest absolute Gasteiger partial charge is 0.224 e. The van der Waals surface area contributed by atoms with Gasteiger partial charge < -0.3 is 10.6 Å². The lowest BCUT2D eigenvalue weighted by atomic mass is 9.68. The molecule has 0 bridgehead atoms. The van der Waals surface area contributed by atoms with E-state index in [4.69, 9.17) is 0 Å². The molecule has 1 heterocycles. The lowest BCUT2D eigenvalue weighted by Gasteiger charge is -2.42. The molecule has 1 aromatic heterocycles. The van der Waals surface area contributed by atoms with Crippen molar-refractivity contribution in [3.05, 3.63) is 30.1 Å². The van der Waals surface area contributed by atoms with Crippen LogP contribution in [-0.2, 0) is 11.2 Å². The molecule has 1 saturated carbocycles. The normalized spacial score (nSPS) is 16.9. The molecule has 0 unspecified atom stereocenters. The molecule has 98 valence electrons. The second-order valence-corrected chi connectivity index (χ2v) is 5.20. The topological polar surface area (TPSA) is 54.0 Å². The third-order valence-corrected chi connectivity index (χ3v) is 3.71. The Labute approximate surface area is 108 Å². The summed E-state index contributed by atoms with van der Waals surface area (Å²) in [4.78, 5) is 15.9. The van der Waals surface area contributed by atoms with Gasteiger partial charge >= 0.3 is 0 Å². The lowest BCUT2D eigenvalue weighted by Crippen LogP contribution is -2.47. The summed E-state index contributed by atoms with van der Waals surface area (Å²) in [7, 11) is 1.97. The summed E-state index contributed by atoms with van der Waals surface area (Å²) in [6.45, 7) is 1.77. The van der Waals surface area contributed by atoms with Gasteiger partial charge in [-0.05, 0) is 31.5 Å². The number of amides is 1. The average molecular weight is 247 g/mol. The molecule has 1 amide bonds. The predicted molar refractivity (Wildman–Crippen MR) is 71.2 cm³/mol. The van der Waals surface area contributed by atoms with Gasteiger partial charge in [0, 0.05) is 30.9 Å². The van der Waals surface area contributed by atoms with Crippen LogP contribution in [0.1, 0.15) is 24.8 Å². The Hall–Kier alpha value is -1.42. The Morgan fingerprint density at radius 1 is 1.44 bits per heavy atom. The standard InChI is InChI=1S/C14H21N3O/c1-15-10-14(5-3-6-14)11-17-13(18)8-12-4-2-7-16-9-12/h2,4,7,9,15H,3,5-6,8,10-11H2,1H3,(H,17,18). The van der Waals surface area contributed by atoms with Gasteiger partial charge in [0.05, 0.1) is 6.42 Å². The molecule has 0 aliphatic heterocycles. The quantitative estimate of drug-likeness (QED) is 0.792. The third kappa shape index (κ3) is 3.29. The van der Waals surface area contributed by atoms with Gasteiger partial charge in [-0.2, -0.15) is 0 Å². The molecule has 2 N–H and O–H groups in total. The third-order valence-electron chi connectivity index (χ3n) is 3.71. The van der Waals surface area contributed by atoms with Crippen LogP contribution in [-0.4, -0.2) is 31.0 Å². The number of hydrogen-bond acceptors (Lipinski definition) is 3. The summed E-state index contributed by atoms with van der Waals surface area (Å²) >= 11 is 0. The van der Waals surface area contributed by atoms with Gasteiger partial charge in [-0.3, -0.25) is 9.78 Å². The van der Waals surface area contributed by atoms with Crippen molar-refractivity contribution in [2.45, 2.75) is 25.7 Å². The summed E-state index contributed by atoms with van der Waals surface area (Å²) in [5.74, 6) is 0.0883. The highest BCUT2D eigenvalue weighted by molar-refractivity contribution is 5.78. The number of rotatable bonds is 6. The van der Waals surface area contributed by atoms with Crippen LogP contribution >= 0.6 is 0 Å². The van der Waals surface area contributed by atoms with Crippen LogP contribution in [0, 0.1) is 5.41 Å². The fraction of sp³-hybridized carbons (Fsp3) is 0.571. The number of nitrogens with one attached hydrogen (secondary N) is 2. The molecule has 18 heavy (non-hydrogen) atoms. The average Bonchev–Trinajstić information content (AvgIpc) is 2.34. The van der Waals surface area contributed by atoms with Gasteiger partial charge in [0.25, 0.3) is 0 Å². The molecule has 0 spiro atoms. The van der Waals surface area contributed by atoms with E-state index in [-0.39, 0.29) is 5.91 Å². The minimum atomic E-state index is 0.0883. The molecule has 2 rings (SSSR count). The number of carbonyl (C=O) groups is 1. The first-order chi connectivity index (χ1) is 8.74. The Balaban J connectivity index is 1.78. The van der Waals surface area contributed by atoms with Crippen molar-refractivity contribution in [2.24, 2.45) is 5.41 Å². The van der Waals surface area contributed by atoms with Crippen LogP contribution in [0.25, 0.3) is 0 Å². The van der Waals surface area contributed by atoms with Crippen molar-refractivity contribution in [1.29, 1.82) is 0 Å². The molecule has 0 radical (unpaired) electrons. The maximum Gasteiger partial charge on any atom is 0.224 e. The molecule has 1 aliphatic rings. The molecule has 1 aromatic rings. The van der Waals surface area contributed by atoms with Crippen LogP contribution in [0.5, 0.6) is 0 Å². The van der Waals surface area contributed by atoms with Gasteiger partial charge in [0.2, 0.25) is 5.91 Å². The zero-order chi connectivity index (χ0) is 12.8. The second kappa shape index (κ2) is 5.96. The van der Waals surface area contributed by atoms with Crippen molar-refractivity contribution < 1.29 is 4.79 Å². The minimum absolute atomic E-state index is 0.0883. The summed E-state index contributed by atoms with van der Waals surface area (Å²) in [5.41, 5.74) is 1.26. The molecular formula is C14H21N3O. The molecule has 1 fully saturated rings. The fourth-order valence-corrected chi connectivity index (χ4v) is 2.50. The predicted octanol–water partition coefficient (Wildman–Crippen LogP) is 1.13. The van der Waals surface area contributed by atoms with E-state index in [0.717, 1.165) is 18.7 Å². The highest BCUT2D eigenvalue weighted by atomic mass is 16.1. The van der Waals surface area contributed by atoms with Gasteiger partial charge in [-0.25, -0.2) is 0 Å². The maximum absolute atomic E-state index is 11.8. The first kappa shape index (κ1) is 13.0. The molecule has 1 aliphatic carbocycles. The Morgan fingerprint density at radius 2 is 2.28 bits per heavy atom. The van der Waals surface area contributed by atoms with Crippen molar-refractivity contribution >= 4 is 5.91 Å². The summed E-state index contributed by atoms with van der Waals surface area (Å²) < 4.78 is 0. The van der Waals surface area contributed by atoms with E-state index >= 15 is 0 Å². The highest BCUT2D eigenvalue weighted by Crippen LogP contribution is 2.39. The monoisotopic (exact) mass is 247 g/mol. The molecule has 0 saturated heterocycles. The zero-order valence-corrected chi connectivity index (χ0v) is 10.9. The second-order valence-electron chi connectivity index (χ2n) is 5.20. The Morgan fingerprint density at radius 3 is 2.83 bits per heavy atom. The van der Waals surface area contributed by atoms with Gasteiger partial charge in [0.1, 0.15) is 0 Å². The zero-order valence-electron chi connectivity index (χ0n) is 10.9. The fourth-order valence-electron chi connectivity index (χ4n) is 2.50. The summed E-state index contributed by atoms with van der Waals surface area (Å²) in [5, 5.41) is 6.27. The highest BCUT2D eigenvalue weighted by Gasteiger charge is 2.36. The van der Waals surface area contributed by atoms with Crippen molar-refractivity contribution in [3.63, 3.8) is 0 Å². The summed E-state index contributed by atoms with van der Waals surface area (Å²) in [6, 6.07) is 3.79. The van der Waals surface area contributed by atoms with E-state index in [9.17, 15) is 4.79 Å². The van der Waals surface area contributed by atoms with Crippen LogP contribution in [0.2, 0.25) is 0 Å². The van der Waals surface area contributed by atoms with Crippen LogP contribution in [0.4, 0.5) is 0 Å². The van der Waals surface area contributed by atoms with E-state index in [1.54, 1.807) is 12.4 Å². The van der Waals surface area contributed by atoms with E-state index in [0.29, 0.717) is 11.8 Å². The van der Waals surface area contributed by atoms with Crippen molar-refractivity contribution in [1.82, 2.24) is 15.6 Å². The van der Waals surface area contributed by atoms with E-state index in [2.05, 4.69) is 15.6 Å². The van der Waals surface area contributed by atoms with Crippen LogP contribution in [0.15, 0.2) is 24.5 Å². The maximum atomic E-state index is 11.8. The van der Waals surface area contributed by atoms with E-state index in [1.807, 2.05) is 19.2 Å².